The van der Waals surface area contributed by atoms with E-state index in [4.69, 9.17) is 0 Å². The Labute approximate surface area is 93.9 Å². The monoisotopic (exact) mass is 306 g/mol. The molecule has 0 fully saturated rings. The van der Waals surface area contributed by atoms with Gasteiger partial charge in [0.05, 0.1) is 0 Å². The molecule has 0 unspecified atom stereocenters. The Kier molecular flexibility index (Phi) is 2.55. The van der Waals surface area contributed by atoms with Crippen molar-refractivity contribution in [3.8, 4) is 0 Å². The Morgan fingerprint density at radius 2 is 2.23 bits per heavy atom. The first-order chi connectivity index (χ1) is 6.24. The number of fused-ring (bicyclic) bond motifs is 1. The standard InChI is InChI=1S/C10H8FIS/c1-2-6-3-4-8-9(10(6)12)7(11)5-13-8/h3-5H,2H2,1H3. The third-order valence-electron chi connectivity index (χ3n) is 2.09. The minimum Gasteiger partial charge on any atom is -0.205 e. The van der Waals surface area contributed by atoms with Crippen molar-refractivity contribution in [1.82, 2.24) is 0 Å². The van der Waals surface area contributed by atoms with E-state index < -0.39 is 0 Å². The molecule has 1 aromatic heterocycles. The van der Waals surface area contributed by atoms with Crippen LogP contribution in [0.3, 0.4) is 0 Å². The van der Waals surface area contributed by atoms with Crippen molar-refractivity contribution in [3.63, 3.8) is 0 Å². The van der Waals surface area contributed by atoms with Gasteiger partial charge in [-0.1, -0.05) is 13.0 Å². The normalized spacial score (nSPS) is 11.0. The Bertz CT molecular complexity index is 447. The molecule has 0 bridgehead atoms. The van der Waals surface area contributed by atoms with Crippen molar-refractivity contribution in [1.29, 1.82) is 0 Å². The molecule has 0 N–H and O–H groups in total. The average Bonchev–Trinajstić information content (AvgIpc) is 2.49. The topological polar surface area (TPSA) is 0 Å². The molecule has 0 nitrogen and oxygen atoms in total. The SMILES string of the molecule is CCc1ccc2scc(F)c2c1I. The van der Waals surface area contributed by atoms with Gasteiger partial charge in [0, 0.05) is 19.0 Å². The van der Waals surface area contributed by atoms with Crippen molar-refractivity contribution < 1.29 is 4.39 Å². The first kappa shape index (κ1) is 9.40. The molecule has 1 aromatic carbocycles. The molecule has 0 spiro atoms. The molecule has 0 aliphatic heterocycles. The minimum absolute atomic E-state index is 0.0836. The second kappa shape index (κ2) is 3.53. The molecule has 0 radical (unpaired) electrons. The summed E-state index contributed by atoms with van der Waals surface area (Å²) < 4.78 is 15.4. The molecule has 0 saturated heterocycles. The number of aryl methyl sites for hydroxylation is 1. The molecule has 0 amide bonds. The van der Waals surface area contributed by atoms with Gasteiger partial charge in [0.2, 0.25) is 0 Å². The third-order valence-corrected chi connectivity index (χ3v) is 4.24. The van der Waals surface area contributed by atoms with E-state index in [-0.39, 0.29) is 5.82 Å². The van der Waals surface area contributed by atoms with E-state index in [0.717, 1.165) is 20.1 Å². The lowest BCUT2D eigenvalue weighted by Crippen LogP contribution is -1.86. The predicted octanol–water partition coefficient (Wildman–Crippen LogP) is 4.21. The molecule has 0 saturated carbocycles. The fraction of sp³-hybridized carbons (Fsp3) is 0.200. The van der Waals surface area contributed by atoms with Crippen LogP contribution in [0.4, 0.5) is 4.39 Å². The van der Waals surface area contributed by atoms with E-state index in [2.05, 4.69) is 35.6 Å². The molecule has 2 aromatic rings. The summed E-state index contributed by atoms with van der Waals surface area (Å²) >= 11 is 3.70. The van der Waals surface area contributed by atoms with Crippen LogP contribution in [-0.2, 0) is 6.42 Å². The number of hydrogen-bond acceptors (Lipinski definition) is 1. The summed E-state index contributed by atoms with van der Waals surface area (Å²) in [6.07, 6.45) is 0.962. The van der Waals surface area contributed by atoms with Gasteiger partial charge in [-0.2, -0.15) is 0 Å². The first-order valence-electron chi connectivity index (χ1n) is 4.08. The van der Waals surface area contributed by atoms with Gasteiger partial charge in [0.15, 0.2) is 0 Å². The highest BCUT2D eigenvalue weighted by Crippen LogP contribution is 2.31. The zero-order valence-corrected chi connectivity index (χ0v) is 10.1. The Balaban J connectivity index is 2.83. The Hall–Kier alpha value is -0.160. The molecule has 0 aliphatic rings. The number of thiophene rings is 1. The van der Waals surface area contributed by atoms with Crippen molar-refractivity contribution in [2.45, 2.75) is 13.3 Å². The smallest absolute Gasteiger partial charge is 0.142 e. The maximum Gasteiger partial charge on any atom is 0.142 e. The summed E-state index contributed by atoms with van der Waals surface area (Å²) in [6, 6.07) is 4.09. The second-order valence-electron chi connectivity index (χ2n) is 2.85. The zero-order valence-electron chi connectivity index (χ0n) is 7.10. The van der Waals surface area contributed by atoms with Crippen molar-refractivity contribution in [2.75, 3.05) is 0 Å². The van der Waals surface area contributed by atoms with Crippen LogP contribution in [0.5, 0.6) is 0 Å². The van der Waals surface area contributed by atoms with E-state index in [1.807, 2.05) is 6.07 Å². The van der Waals surface area contributed by atoms with Crippen molar-refractivity contribution in [2.24, 2.45) is 0 Å². The van der Waals surface area contributed by atoms with Crippen molar-refractivity contribution in [3.05, 3.63) is 32.5 Å². The molecule has 68 valence electrons. The third kappa shape index (κ3) is 1.48. The van der Waals surface area contributed by atoms with Gasteiger partial charge in [-0.3, -0.25) is 0 Å². The second-order valence-corrected chi connectivity index (χ2v) is 4.84. The van der Waals surface area contributed by atoms with Crippen molar-refractivity contribution >= 4 is 44.0 Å². The first-order valence-corrected chi connectivity index (χ1v) is 6.04. The summed E-state index contributed by atoms with van der Waals surface area (Å²) in [5.41, 5.74) is 1.23. The van der Waals surface area contributed by atoms with Crippen LogP contribution in [0.15, 0.2) is 17.5 Å². The summed E-state index contributed by atoms with van der Waals surface area (Å²) in [4.78, 5) is 0. The van der Waals surface area contributed by atoms with Crippen LogP contribution < -0.4 is 0 Å². The van der Waals surface area contributed by atoms with Gasteiger partial charge < -0.3 is 0 Å². The van der Waals surface area contributed by atoms with Crippen LogP contribution in [0.25, 0.3) is 10.1 Å². The highest BCUT2D eigenvalue weighted by atomic mass is 127. The lowest BCUT2D eigenvalue weighted by atomic mass is 10.1. The van der Waals surface area contributed by atoms with E-state index in [1.54, 1.807) is 5.38 Å². The van der Waals surface area contributed by atoms with E-state index in [1.165, 1.54) is 16.9 Å². The van der Waals surface area contributed by atoms with Gasteiger partial charge in [0.1, 0.15) is 5.82 Å². The molecule has 0 aliphatic carbocycles. The lowest BCUT2D eigenvalue weighted by molar-refractivity contribution is 0.643. The van der Waals surface area contributed by atoms with Gasteiger partial charge >= 0.3 is 0 Å². The Morgan fingerprint density at radius 3 is 2.92 bits per heavy atom. The number of halogens is 2. The maximum atomic E-state index is 13.3. The number of rotatable bonds is 1. The predicted molar refractivity (Wildman–Crippen MR) is 63.9 cm³/mol. The quantitative estimate of drug-likeness (QED) is 0.692. The average molecular weight is 306 g/mol. The molecule has 2 rings (SSSR count). The molecule has 13 heavy (non-hydrogen) atoms. The minimum atomic E-state index is -0.0836. The fourth-order valence-corrected chi connectivity index (χ4v) is 3.47. The van der Waals surface area contributed by atoms with E-state index >= 15 is 0 Å². The van der Waals surface area contributed by atoms with Crippen LogP contribution in [0.2, 0.25) is 0 Å². The molecular formula is C10H8FIS. The van der Waals surface area contributed by atoms with E-state index in [0.29, 0.717) is 0 Å². The number of benzene rings is 1. The molecule has 3 heteroatoms. The maximum absolute atomic E-state index is 13.3. The zero-order chi connectivity index (χ0) is 9.42. The molecular weight excluding hydrogens is 298 g/mol. The Morgan fingerprint density at radius 1 is 1.46 bits per heavy atom. The molecule has 0 atom stereocenters. The summed E-state index contributed by atoms with van der Waals surface area (Å²) in [7, 11) is 0. The van der Waals surface area contributed by atoms with Crippen LogP contribution in [0, 0.1) is 9.39 Å². The highest BCUT2D eigenvalue weighted by molar-refractivity contribution is 14.1. The number of hydrogen-bond donors (Lipinski definition) is 0. The largest absolute Gasteiger partial charge is 0.205 e. The van der Waals surface area contributed by atoms with Crippen LogP contribution in [0.1, 0.15) is 12.5 Å². The van der Waals surface area contributed by atoms with E-state index in [9.17, 15) is 4.39 Å². The van der Waals surface area contributed by atoms with Gasteiger partial charge in [-0.05, 0) is 40.6 Å². The van der Waals surface area contributed by atoms with Gasteiger partial charge in [-0.25, -0.2) is 4.39 Å². The fourth-order valence-electron chi connectivity index (χ4n) is 1.37. The highest BCUT2D eigenvalue weighted by Gasteiger charge is 2.09. The summed E-state index contributed by atoms with van der Waals surface area (Å²) in [6.45, 7) is 2.09. The van der Waals surface area contributed by atoms with Gasteiger partial charge in [0.25, 0.3) is 0 Å². The summed E-state index contributed by atoms with van der Waals surface area (Å²) in [5, 5.41) is 2.37. The van der Waals surface area contributed by atoms with Crippen LogP contribution >= 0.6 is 33.9 Å². The summed E-state index contributed by atoms with van der Waals surface area (Å²) in [5.74, 6) is -0.0836. The van der Waals surface area contributed by atoms with Crippen LogP contribution in [-0.4, -0.2) is 0 Å². The lowest BCUT2D eigenvalue weighted by Gasteiger charge is -2.01. The van der Waals surface area contributed by atoms with Gasteiger partial charge in [-0.15, -0.1) is 11.3 Å². The molecule has 1 heterocycles.